The molecule has 6 heteroatoms. The van der Waals surface area contributed by atoms with Crippen LogP contribution in [0.25, 0.3) is 11.3 Å². The van der Waals surface area contributed by atoms with E-state index in [1.54, 1.807) is 18.0 Å². The van der Waals surface area contributed by atoms with E-state index in [-0.39, 0.29) is 12.0 Å². The largest absolute Gasteiger partial charge is 0.488 e. The normalized spacial score (nSPS) is 14.9. The van der Waals surface area contributed by atoms with E-state index in [1.807, 2.05) is 56.5 Å². The monoisotopic (exact) mass is 405 g/mol. The van der Waals surface area contributed by atoms with Gasteiger partial charge in [-0.25, -0.2) is 4.98 Å². The van der Waals surface area contributed by atoms with Gasteiger partial charge in [0.2, 0.25) is 0 Å². The molecule has 0 spiro atoms. The van der Waals surface area contributed by atoms with Gasteiger partial charge in [0.1, 0.15) is 11.9 Å². The van der Waals surface area contributed by atoms with Gasteiger partial charge in [-0.15, -0.1) is 11.8 Å². The topological polar surface area (TPSA) is 64.1 Å². The van der Waals surface area contributed by atoms with Crippen molar-refractivity contribution in [2.75, 3.05) is 12.8 Å². The molecule has 2 heterocycles. The van der Waals surface area contributed by atoms with Crippen molar-refractivity contribution in [1.82, 2.24) is 15.3 Å². The van der Waals surface area contributed by atoms with Crippen LogP contribution in [0.1, 0.15) is 27.3 Å². The number of fused-ring (bicyclic) bond motifs is 1. The van der Waals surface area contributed by atoms with Crippen molar-refractivity contribution in [2.45, 2.75) is 31.3 Å². The van der Waals surface area contributed by atoms with Gasteiger partial charge in [0.25, 0.3) is 5.91 Å². The van der Waals surface area contributed by atoms with Crippen LogP contribution in [0.2, 0.25) is 0 Å². The average molecular weight is 406 g/mol. The Morgan fingerprint density at radius 3 is 2.90 bits per heavy atom. The second-order valence-corrected chi connectivity index (χ2v) is 7.97. The molecule has 0 radical (unpaired) electrons. The number of aryl methyl sites for hydroxylation is 2. The van der Waals surface area contributed by atoms with Gasteiger partial charge in [0, 0.05) is 23.1 Å². The van der Waals surface area contributed by atoms with Crippen molar-refractivity contribution in [1.29, 1.82) is 0 Å². The number of ether oxygens (including phenoxy) is 1. The first-order chi connectivity index (χ1) is 14.0. The maximum absolute atomic E-state index is 12.6. The van der Waals surface area contributed by atoms with Crippen LogP contribution in [0.15, 0.2) is 53.6 Å². The number of rotatable bonds is 5. The lowest BCUT2D eigenvalue weighted by Crippen LogP contribution is -2.34. The molecule has 1 aromatic heterocycles. The van der Waals surface area contributed by atoms with Gasteiger partial charge in [-0.2, -0.15) is 0 Å². The number of nitrogens with zero attached hydrogens (tertiary/aromatic N) is 2. The Kier molecular flexibility index (Phi) is 5.53. The van der Waals surface area contributed by atoms with Gasteiger partial charge in [-0.3, -0.25) is 9.78 Å². The maximum atomic E-state index is 12.6. The minimum atomic E-state index is -0.0738. The summed E-state index contributed by atoms with van der Waals surface area (Å²) in [6, 6.07) is 13.8. The molecule has 0 bridgehead atoms. The lowest BCUT2D eigenvalue weighted by atomic mass is 10.0. The fourth-order valence-corrected chi connectivity index (χ4v) is 4.12. The van der Waals surface area contributed by atoms with E-state index in [4.69, 9.17) is 4.74 Å². The van der Waals surface area contributed by atoms with Crippen molar-refractivity contribution >= 4 is 17.7 Å². The Bertz CT molecular complexity index is 1070. The first-order valence-corrected chi connectivity index (χ1v) is 10.8. The lowest BCUT2D eigenvalue weighted by molar-refractivity contribution is 0.0930. The molecule has 1 aliphatic rings. The average Bonchev–Trinajstić information content (AvgIpc) is 3.15. The first-order valence-electron chi connectivity index (χ1n) is 9.56. The van der Waals surface area contributed by atoms with Gasteiger partial charge >= 0.3 is 0 Å². The molecule has 1 N–H and O–H groups in total. The first kappa shape index (κ1) is 19.5. The predicted octanol–water partition coefficient (Wildman–Crippen LogP) is 4.22. The zero-order valence-corrected chi connectivity index (χ0v) is 17.5. The third-order valence-electron chi connectivity index (χ3n) is 4.99. The highest BCUT2D eigenvalue weighted by atomic mass is 32.2. The van der Waals surface area contributed by atoms with Crippen LogP contribution in [0.3, 0.4) is 0 Å². The molecule has 1 aliphatic heterocycles. The molecule has 148 valence electrons. The summed E-state index contributed by atoms with van der Waals surface area (Å²) in [5.41, 5.74) is 5.58. The molecular weight excluding hydrogens is 382 g/mol. The van der Waals surface area contributed by atoms with Crippen molar-refractivity contribution in [2.24, 2.45) is 0 Å². The smallest absolute Gasteiger partial charge is 0.252 e. The molecule has 1 unspecified atom stereocenters. The molecule has 4 rings (SSSR count). The fraction of sp³-hybridized carbons (Fsp3) is 0.261. The third-order valence-corrected chi connectivity index (χ3v) is 5.79. The summed E-state index contributed by atoms with van der Waals surface area (Å²) in [5.74, 6) is 0.802. The summed E-state index contributed by atoms with van der Waals surface area (Å²) >= 11 is 1.57. The summed E-state index contributed by atoms with van der Waals surface area (Å²) < 4.78 is 6.04. The number of hydrogen-bond acceptors (Lipinski definition) is 5. The molecule has 2 aromatic carbocycles. The molecule has 0 saturated heterocycles. The van der Waals surface area contributed by atoms with Gasteiger partial charge in [-0.05, 0) is 56.0 Å². The van der Waals surface area contributed by atoms with E-state index in [2.05, 4.69) is 21.4 Å². The molecule has 0 saturated carbocycles. The molecule has 1 atom stereocenters. The number of nitrogens with one attached hydrogen (secondary N) is 1. The van der Waals surface area contributed by atoms with Gasteiger partial charge in [0.15, 0.2) is 0 Å². The van der Waals surface area contributed by atoms with Crippen molar-refractivity contribution in [3.05, 3.63) is 71.2 Å². The Morgan fingerprint density at radius 2 is 2.07 bits per heavy atom. The van der Waals surface area contributed by atoms with E-state index < -0.39 is 0 Å². The summed E-state index contributed by atoms with van der Waals surface area (Å²) in [7, 11) is 0. The Labute approximate surface area is 174 Å². The lowest BCUT2D eigenvalue weighted by Gasteiger charge is -2.13. The second kappa shape index (κ2) is 8.25. The number of carbonyl (C=O) groups excluding carboxylic acids is 1. The van der Waals surface area contributed by atoms with E-state index in [1.165, 1.54) is 0 Å². The summed E-state index contributed by atoms with van der Waals surface area (Å²) in [6.45, 7) is 4.38. The SMILES string of the molecule is CSc1ccccc1C(=O)NCC1Cc2cc(-c3nc(C)cnc3C)ccc2O1. The van der Waals surface area contributed by atoms with Gasteiger partial charge in [0.05, 0.1) is 29.2 Å². The highest BCUT2D eigenvalue weighted by Gasteiger charge is 2.24. The second-order valence-electron chi connectivity index (χ2n) is 7.12. The van der Waals surface area contributed by atoms with Crippen LogP contribution in [0, 0.1) is 13.8 Å². The van der Waals surface area contributed by atoms with Gasteiger partial charge < -0.3 is 10.1 Å². The molecule has 0 fully saturated rings. The fourth-order valence-electron chi connectivity index (χ4n) is 3.53. The van der Waals surface area contributed by atoms with Crippen LogP contribution < -0.4 is 10.1 Å². The van der Waals surface area contributed by atoms with Crippen molar-refractivity contribution < 1.29 is 9.53 Å². The van der Waals surface area contributed by atoms with Gasteiger partial charge in [-0.1, -0.05) is 12.1 Å². The number of benzene rings is 2. The molecule has 1 amide bonds. The van der Waals surface area contributed by atoms with Crippen LogP contribution in [0.4, 0.5) is 0 Å². The number of carbonyl (C=O) groups is 1. The van der Waals surface area contributed by atoms with Crippen LogP contribution >= 0.6 is 11.8 Å². The maximum Gasteiger partial charge on any atom is 0.252 e. The Morgan fingerprint density at radius 1 is 1.24 bits per heavy atom. The molecule has 3 aromatic rings. The van der Waals surface area contributed by atoms with Crippen LogP contribution in [0.5, 0.6) is 5.75 Å². The van der Waals surface area contributed by atoms with Crippen molar-refractivity contribution in [3.8, 4) is 17.0 Å². The Balaban J connectivity index is 1.44. The molecule has 0 aliphatic carbocycles. The predicted molar refractivity (Wildman–Crippen MR) is 116 cm³/mol. The number of aromatic nitrogens is 2. The zero-order chi connectivity index (χ0) is 20.4. The van der Waals surface area contributed by atoms with E-state index in [0.717, 1.165) is 45.3 Å². The molecular formula is C23H23N3O2S. The summed E-state index contributed by atoms with van der Waals surface area (Å²) in [4.78, 5) is 22.6. The summed E-state index contributed by atoms with van der Waals surface area (Å²) in [6.07, 6.45) is 4.44. The Hall–Kier alpha value is -2.86. The van der Waals surface area contributed by atoms with Crippen molar-refractivity contribution in [3.63, 3.8) is 0 Å². The van der Waals surface area contributed by atoms with Crippen LogP contribution in [-0.4, -0.2) is 34.8 Å². The minimum absolute atomic E-state index is 0.0687. The highest BCUT2D eigenvalue weighted by Crippen LogP contribution is 2.33. The highest BCUT2D eigenvalue weighted by molar-refractivity contribution is 7.98. The molecule has 5 nitrogen and oxygen atoms in total. The standard InChI is InChI=1S/C23H23N3O2S/c1-14-12-24-15(2)22(26-14)16-8-9-20-17(10-16)11-18(28-20)13-25-23(27)19-6-4-5-7-21(19)29-3/h4-10,12,18H,11,13H2,1-3H3,(H,25,27). The quantitative estimate of drug-likeness (QED) is 0.644. The van der Waals surface area contributed by atoms with Crippen LogP contribution in [-0.2, 0) is 6.42 Å². The number of hydrogen-bond donors (Lipinski definition) is 1. The number of thioether (sulfide) groups is 1. The van der Waals surface area contributed by atoms with E-state index >= 15 is 0 Å². The zero-order valence-electron chi connectivity index (χ0n) is 16.7. The molecule has 29 heavy (non-hydrogen) atoms. The van der Waals surface area contributed by atoms with E-state index in [9.17, 15) is 4.79 Å². The summed E-state index contributed by atoms with van der Waals surface area (Å²) in [5, 5.41) is 3.01. The number of amides is 1. The third kappa shape index (κ3) is 4.12. The van der Waals surface area contributed by atoms with E-state index in [0.29, 0.717) is 12.1 Å². The minimum Gasteiger partial charge on any atom is -0.488 e.